The molecule has 6 nitrogen and oxygen atoms in total. The number of hydrogen-bond donors (Lipinski definition) is 0. The van der Waals surface area contributed by atoms with Crippen molar-refractivity contribution in [1.29, 1.82) is 0 Å². The van der Waals surface area contributed by atoms with Crippen molar-refractivity contribution in [2.75, 3.05) is 0 Å². The maximum absolute atomic E-state index is 12.8. The summed E-state index contributed by atoms with van der Waals surface area (Å²) in [5.74, 6) is 0. The Bertz CT molecular complexity index is 1110. The van der Waals surface area contributed by atoms with E-state index in [1.165, 1.54) is 4.68 Å². The number of nitrogens with zero attached hydrogens (tertiary/aromatic N) is 5. The van der Waals surface area contributed by atoms with Gasteiger partial charge in [0.05, 0.1) is 24.0 Å². The molecule has 0 spiro atoms. The Balaban J connectivity index is 1.96. The Labute approximate surface area is 140 Å². The van der Waals surface area contributed by atoms with Crippen LogP contribution < -0.4 is 5.56 Å². The van der Waals surface area contributed by atoms with E-state index in [1.54, 1.807) is 10.9 Å². The lowest BCUT2D eigenvalue weighted by atomic mass is 10.2. The van der Waals surface area contributed by atoms with Gasteiger partial charge in [-0.2, -0.15) is 10.2 Å². The van der Waals surface area contributed by atoms with Crippen molar-refractivity contribution in [3.8, 4) is 0 Å². The Hall–Kier alpha value is -2.41. The van der Waals surface area contributed by atoms with Crippen molar-refractivity contribution in [2.45, 2.75) is 6.54 Å². The minimum atomic E-state index is -0.108. The number of fused-ring (bicyclic) bond motifs is 3. The van der Waals surface area contributed by atoms with E-state index < -0.39 is 0 Å². The normalized spacial score (nSPS) is 11.6. The summed E-state index contributed by atoms with van der Waals surface area (Å²) in [5.41, 5.74) is 2.36. The summed E-state index contributed by atoms with van der Waals surface area (Å²) in [5, 5.41) is 10.5. The molecular formula is C16H14BrN5O. The molecule has 116 valence electrons. The fourth-order valence-electron chi connectivity index (χ4n) is 2.94. The van der Waals surface area contributed by atoms with Crippen molar-refractivity contribution >= 4 is 37.7 Å². The Morgan fingerprint density at radius 1 is 1.17 bits per heavy atom. The van der Waals surface area contributed by atoms with E-state index in [9.17, 15) is 4.79 Å². The molecule has 0 bridgehead atoms. The fourth-order valence-corrected chi connectivity index (χ4v) is 3.29. The zero-order chi connectivity index (χ0) is 16.1. The van der Waals surface area contributed by atoms with E-state index in [1.807, 2.05) is 49.1 Å². The lowest BCUT2D eigenvalue weighted by molar-refractivity contribution is 0.619. The van der Waals surface area contributed by atoms with Crippen molar-refractivity contribution in [1.82, 2.24) is 24.1 Å². The van der Waals surface area contributed by atoms with Gasteiger partial charge in [0.25, 0.3) is 5.56 Å². The highest BCUT2D eigenvalue weighted by Gasteiger charge is 2.14. The molecule has 0 amide bonds. The third-order valence-electron chi connectivity index (χ3n) is 4.05. The number of aryl methyl sites for hydroxylation is 2. The van der Waals surface area contributed by atoms with Crippen LogP contribution in [-0.4, -0.2) is 24.1 Å². The Morgan fingerprint density at radius 2 is 2.00 bits per heavy atom. The molecule has 0 radical (unpaired) electrons. The quantitative estimate of drug-likeness (QED) is 0.543. The van der Waals surface area contributed by atoms with Crippen LogP contribution in [0.4, 0.5) is 0 Å². The van der Waals surface area contributed by atoms with E-state index in [0.717, 1.165) is 26.5 Å². The summed E-state index contributed by atoms with van der Waals surface area (Å²) in [6.07, 6.45) is 3.61. The Kier molecular flexibility index (Phi) is 3.12. The van der Waals surface area contributed by atoms with Crippen LogP contribution >= 0.6 is 15.9 Å². The smallest absolute Gasteiger partial charge is 0.291 e. The Morgan fingerprint density at radius 3 is 2.74 bits per heavy atom. The van der Waals surface area contributed by atoms with Gasteiger partial charge in [-0.05, 0) is 18.2 Å². The highest BCUT2D eigenvalue weighted by molar-refractivity contribution is 9.10. The molecule has 0 saturated carbocycles. The molecule has 1 aromatic carbocycles. The molecule has 4 aromatic rings. The average Bonchev–Trinajstić information content (AvgIpc) is 3.05. The van der Waals surface area contributed by atoms with Gasteiger partial charge in [0.2, 0.25) is 0 Å². The van der Waals surface area contributed by atoms with Gasteiger partial charge in [0.1, 0.15) is 5.52 Å². The first kappa shape index (κ1) is 14.2. The maximum atomic E-state index is 12.8. The highest BCUT2D eigenvalue weighted by Crippen LogP contribution is 2.27. The first-order valence-corrected chi connectivity index (χ1v) is 7.96. The summed E-state index contributed by atoms with van der Waals surface area (Å²) in [6.45, 7) is 0.362. The molecule has 0 atom stereocenters. The van der Waals surface area contributed by atoms with Gasteiger partial charge in [-0.15, -0.1) is 0 Å². The molecular weight excluding hydrogens is 358 g/mol. The minimum absolute atomic E-state index is 0.108. The zero-order valence-electron chi connectivity index (χ0n) is 12.7. The molecule has 0 aliphatic rings. The molecule has 0 N–H and O–H groups in total. The number of rotatable bonds is 2. The molecule has 0 unspecified atom stereocenters. The topological polar surface area (TPSA) is 57.6 Å². The van der Waals surface area contributed by atoms with Crippen LogP contribution in [-0.2, 0) is 20.6 Å². The van der Waals surface area contributed by atoms with Crippen LogP contribution in [0.1, 0.15) is 5.69 Å². The largest absolute Gasteiger partial charge is 0.339 e. The van der Waals surface area contributed by atoms with E-state index in [2.05, 4.69) is 26.1 Å². The average molecular weight is 372 g/mol. The van der Waals surface area contributed by atoms with Gasteiger partial charge in [0.15, 0.2) is 0 Å². The second-order valence-corrected chi connectivity index (χ2v) is 6.49. The number of hydrogen-bond acceptors (Lipinski definition) is 3. The monoisotopic (exact) mass is 371 g/mol. The fraction of sp³-hybridized carbons (Fsp3) is 0.188. The van der Waals surface area contributed by atoms with Crippen molar-refractivity contribution in [3.05, 3.63) is 57.2 Å². The first-order valence-electron chi connectivity index (χ1n) is 7.17. The number of aromatic nitrogens is 5. The van der Waals surface area contributed by atoms with Crippen LogP contribution in [0.5, 0.6) is 0 Å². The molecule has 3 heterocycles. The predicted molar refractivity (Wildman–Crippen MR) is 92.5 cm³/mol. The summed E-state index contributed by atoms with van der Waals surface area (Å²) in [7, 11) is 3.76. The summed E-state index contributed by atoms with van der Waals surface area (Å²) >= 11 is 3.48. The maximum Gasteiger partial charge on any atom is 0.291 e. The van der Waals surface area contributed by atoms with Crippen molar-refractivity contribution in [2.24, 2.45) is 14.1 Å². The molecule has 0 fully saturated rings. The van der Waals surface area contributed by atoms with Gasteiger partial charge in [-0.25, -0.2) is 4.68 Å². The van der Waals surface area contributed by atoms with Crippen LogP contribution in [0.15, 0.2) is 45.9 Å². The molecule has 0 aliphatic carbocycles. The van der Waals surface area contributed by atoms with Crippen molar-refractivity contribution < 1.29 is 0 Å². The minimum Gasteiger partial charge on any atom is -0.339 e. The third kappa shape index (κ3) is 2.19. The second-order valence-electron chi connectivity index (χ2n) is 5.57. The molecule has 7 heteroatoms. The van der Waals surface area contributed by atoms with E-state index in [-0.39, 0.29) is 5.56 Å². The van der Waals surface area contributed by atoms with Gasteiger partial charge < -0.3 is 4.57 Å². The van der Waals surface area contributed by atoms with E-state index in [0.29, 0.717) is 12.1 Å². The molecule has 0 saturated heterocycles. The first-order chi connectivity index (χ1) is 11.0. The summed E-state index contributed by atoms with van der Waals surface area (Å²) in [4.78, 5) is 12.8. The lowest BCUT2D eigenvalue weighted by Crippen LogP contribution is -2.24. The second kappa shape index (κ2) is 5.06. The van der Waals surface area contributed by atoms with Crippen molar-refractivity contribution in [3.63, 3.8) is 0 Å². The molecule has 0 aliphatic heterocycles. The zero-order valence-corrected chi connectivity index (χ0v) is 14.3. The van der Waals surface area contributed by atoms with Crippen LogP contribution in [0.25, 0.3) is 21.8 Å². The molecule has 3 aromatic heterocycles. The van der Waals surface area contributed by atoms with Crippen LogP contribution in [0.3, 0.4) is 0 Å². The van der Waals surface area contributed by atoms with Crippen LogP contribution in [0.2, 0.25) is 0 Å². The lowest BCUT2D eigenvalue weighted by Gasteiger charge is -2.03. The molecule has 23 heavy (non-hydrogen) atoms. The number of halogens is 1. The number of benzene rings is 1. The van der Waals surface area contributed by atoms with Crippen LogP contribution in [0, 0.1) is 0 Å². The standard InChI is InChI=1S/C16H14BrN5O/c1-20-6-5-11(19-20)9-22-16(23)15-13(8-18-22)12-4-3-10(17)7-14(12)21(15)2/h3-8H,9H2,1-2H3. The summed E-state index contributed by atoms with van der Waals surface area (Å²) in [6, 6.07) is 7.88. The SMILES string of the molecule is Cn1ccc(Cn2ncc3c4ccc(Br)cc4n(C)c3c2=O)n1. The van der Waals surface area contributed by atoms with Gasteiger partial charge in [0, 0.05) is 35.5 Å². The highest BCUT2D eigenvalue weighted by atomic mass is 79.9. The molecule has 4 rings (SSSR count). The predicted octanol–water partition coefficient (Wildman–Crippen LogP) is 2.43. The third-order valence-corrected chi connectivity index (χ3v) is 4.54. The van der Waals surface area contributed by atoms with E-state index in [4.69, 9.17) is 0 Å². The van der Waals surface area contributed by atoms with E-state index >= 15 is 0 Å². The van der Waals surface area contributed by atoms with Gasteiger partial charge in [-0.3, -0.25) is 9.48 Å². The van der Waals surface area contributed by atoms with Gasteiger partial charge in [-0.1, -0.05) is 22.0 Å². The summed E-state index contributed by atoms with van der Waals surface area (Å²) < 4.78 is 6.08. The van der Waals surface area contributed by atoms with Gasteiger partial charge >= 0.3 is 0 Å².